The van der Waals surface area contributed by atoms with Crippen LogP contribution in [0.25, 0.3) is 0 Å². The second-order valence-corrected chi connectivity index (χ2v) is 6.02. The molecule has 1 fully saturated rings. The summed E-state index contributed by atoms with van der Waals surface area (Å²) in [4.78, 5) is 13.5. The molecule has 0 radical (unpaired) electrons. The molecule has 102 valence electrons. The third kappa shape index (κ3) is 3.45. The number of amides is 1. The van der Waals surface area contributed by atoms with Crippen LogP contribution in [-0.4, -0.2) is 66.0 Å². The van der Waals surface area contributed by atoms with Gasteiger partial charge in [-0.25, -0.2) is 0 Å². The monoisotopic (exact) mass is 254 g/mol. The summed E-state index contributed by atoms with van der Waals surface area (Å²) in [6.45, 7) is 5.64. The van der Waals surface area contributed by atoms with Gasteiger partial charge >= 0.3 is 0 Å². The van der Waals surface area contributed by atoms with E-state index in [1.165, 1.54) is 4.90 Å². The fraction of sp³-hybridized carbons (Fsp3) is 0.769. The second kappa shape index (κ2) is 5.27. The molecule has 1 amide bonds. The smallest absolute Gasteiger partial charge is 0.245 e. The highest BCUT2D eigenvalue weighted by Crippen LogP contribution is 2.18. The van der Waals surface area contributed by atoms with Crippen molar-refractivity contribution in [3.63, 3.8) is 0 Å². The number of carbonyl (C=O) groups is 1. The largest absolute Gasteiger partial charge is 0.361 e. The van der Waals surface area contributed by atoms with Gasteiger partial charge in [-0.2, -0.15) is 0 Å². The molecule has 1 aliphatic rings. The Balaban J connectivity index is 2.46. The van der Waals surface area contributed by atoms with Gasteiger partial charge in [0.25, 0.3) is 0 Å². The third-order valence-corrected chi connectivity index (χ3v) is 3.26. The molecule has 1 saturated heterocycles. The van der Waals surface area contributed by atoms with Gasteiger partial charge in [0.15, 0.2) is 6.35 Å². The first-order valence-electron chi connectivity index (χ1n) is 6.22. The van der Waals surface area contributed by atoms with E-state index in [-0.39, 0.29) is 5.91 Å². The van der Waals surface area contributed by atoms with E-state index in [0.717, 1.165) is 17.4 Å². The van der Waals surface area contributed by atoms with Crippen molar-refractivity contribution in [3.8, 4) is 12.3 Å². The van der Waals surface area contributed by atoms with Crippen molar-refractivity contribution in [2.45, 2.75) is 32.2 Å². The summed E-state index contributed by atoms with van der Waals surface area (Å²) in [5.41, 5.74) is -0.678. The lowest BCUT2D eigenvalue weighted by Gasteiger charge is -2.28. The minimum Gasteiger partial charge on any atom is -0.361 e. The molecular formula is C13H24N3O2+. The number of quaternary nitrogens is 1. The highest BCUT2D eigenvalue weighted by molar-refractivity contribution is 5.87. The highest BCUT2D eigenvalue weighted by atomic mass is 16.3. The summed E-state index contributed by atoms with van der Waals surface area (Å²) in [5.74, 6) is 2.59. The zero-order chi connectivity index (χ0) is 14.0. The van der Waals surface area contributed by atoms with Gasteiger partial charge in [-0.1, -0.05) is 0 Å². The fourth-order valence-electron chi connectivity index (χ4n) is 2.15. The zero-order valence-electron chi connectivity index (χ0n) is 11.7. The predicted molar refractivity (Wildman–Crippen MR) is 70.2 cm³/mol. The van der Waals surface area contributed by atoms with Gasteiger partial charge in [-0.05, 0) is 19.8 Å². The van der Waals surface area contributed by atoms with Gasteiger partial charge in [0.2, 0.25) is 5.91 Å². The van der Waals surface area contributed by atoms with Crippen LogP contribution in [0.4, 0.5) is 0 Å². The van der Waals surface area contributed by atoms with Gasteiger partial charge < -0.3 is 14.5 Å². The van der Waals surface area contributed by atoms with Crippen LogP contribution in [0.3, 0.4) is 0 Å². The Hall–Kier alpha value is -1.09. The van der Waals surface area contributed by atoms with Gasteiger partial charge in [-0.15, -0.1) is 6.42 Å². The Morgan fingerprint density at radius 2 is 2.17 bits per heavy atom. The Kier molecular flexibility index (Phi) is 4.38. The molecule has 2 N–H and O–H groups in total. The average Bonchev–Trinajstić information content (AvgIpc) is 2.39. The van der Waals surface area contributed by atoms with Crippen LogP contribution in [-0.2, 0) is 4.79 Å². The van der Waals surface area contributed by atoms with Crippen LogP contribution in [0.15, 0.2) is 0 Å². The van der Waals surface area contributed by atoms with Crippen LogP contribution in [0.5, 0.6) is 0 Å². The van der Waals surface area contributed by atoms with Gasteiger partial charge in [0.1, 0.15) is 6.54 Å². The van der Waals surface area contributed by atoms with Crippen molar-refractivity contribution in [2.24, 2.45) is 0 Å². The predicted octanol–water partition coefficient (Wildman–Crippen LogP) is -0.428. The number of rotatable bonds is 5. The SMILES string of the molecule is C#CC[N+](C)(C)CCCN1C(=O)C(C)(C)NC1O. The van der Waals surface area contributed by atoms with Crippen molar-refractivity contribution >= 4 is 5.91 Å². The molecule has 18 heavy (non-hydrogen) atoms. The van der Waals surface area contributed by atoms with Crippen molar-refractivity contribution < 1.29 is 14.4 Å². The highest BCUT2D eigenvalue weighted by Gasteiger charge is 2.43. The number of hydrogen-bond acceptors (Lipinski definition) is 3. The fourth-order valence-corrected chi connectivity index (χ4v) is 2.15. The maximum Gasteiger partial charge on any atom is 0.245 e. The normalized spacial score (nSPS) is 23.2. The second-order valence-electron chi connectivity index (χ2n) is 6.02. The van der Waals surface area contributed by atoms with E-state index in [4.69, 9.17) is 6.42 Å². The number of nitrogens with one attached hydrogen (secondary N) is 1. The van der Waals surface area contributed by atoms with Crippen molar-refractivity contribution in [2.75, 3.05) is 33.7 Å². The topological polar surface area (TPSA) is 52.6 Å². The van der Waals surface area contributed by atoms with Gasteiger partial charge in [0.05, 0.1) is 26.2 Å². The molecule has 0 saturated carbocycles. The first kappa shape index (κ1) is 15.0. The Bertz CT molecular complexity index is 358. The third-order valence-electron chi connectivity index (χ3n) is 3.26. The molecule has 0 aromatic carbocycles. The molecular weight excluding hydrogens is 230 g/mol. The summed E-state index contributed by atoms with van der Waals surface area (Å²) in [5, 5.41) is 12.6. The minimum absolute atomic E-state index is 0.0581. The maximum atomic E-state index is 12.0. The number of carbonyl (C=O) groups excluding carboxylic acids is 1. The Labute approximate surface area is 109 Å². The van der Waals surface area contributed by atoms with Crippen LogP contribution in [0.2, 0.25) is 0 Å². The summed E-state index contributed by atoms with van der Waals surface area (Å²) < 4.78 is 0.728. The number of hydrogen-bond donors (Lipinski definition) is 2. The van der Waals surface area contributed by atoms with E-state index >= 15 is 0 Å². The molecule has 1 aliphatic heterocycles. The Morgan fingerprint density at radius 1 is 1.56 bits per heavy atom. The molecule has 0 aromatic heterocycles. The van der Waals surface area contributed by atoms with E-state index in [9.17, 15) is 9.90 Å². The lowest BCUT2D eigenvalue weighted by molar-refractivity contribution is -0.883. The Morgan fingerprint density at radius 3 is 2.61 bits per heavy atom. The summed E-state index contributed by atoms with van der Waals surface area (Å²) in [6.07, 6.45) is 5.24. The van der Waals surface area contributed by atoms with Gasteiger partial charge in [0, 0.05) is 13.0 Å². The minimum atomic E-state index is -0.879. The molecule has 1 rings (SSSR count). The van der Waals surface area contributed by atoms with Crippen LogP contribution < -0.4 is 5.32 Å². The van der Waals surface area contributed by atoms with Crippen LogP contribution >= 0.6 is 0 Å². The lowest BCUT2D eigenvalue weighted by atomic mass is 10.1. The average molecular weight is 254 g/mol. The number of nitrogens with zero attached hydrogens (tertiary/aromatic N) is 2. The van der Waals surface area contributed by atoms with E-state index in [0.29, 0.717) is 13.1 Å². The number of terminal acetylenes is 1. The summed E-state index contributed by atoms with van der Waals surface area (Å²) in [6, 6.07) is 0. The molecule has 0 aromatic rings. The standard InChI is InChI=1S/C13H24N3O2/c1-6-9-16(4,5)10-7-8-15-11(17)13(2,3)14-12(15)18/h1,12,14,18H,7-10H2,2-5H3/q+1. The molecule has 0 spiro atoms. The number of aliphatic hydroxyl groups excluding tert-OH is 1. The van der Waals surface area contributed by atoms with Crippen molar-refractivity contribution in [1.82, 2.24) is 10.2 Å². The molecule has 1 heterocycles. The van der Waals surface area contributed by atoms with Crippen LogP contribution in [0, 0.1) is 12.3 Å². The summed E-state index contributed by atoms with van der Waals surface area (Å²) in [7, 11) is 4.12. The summed E-state index contributed by atoms with van der Waals surface area (Å²) >= 11 is 0. The molecule has 5 heteroatoms. The van der Waals surface area contributed by atoms with E-state index < -0.39 is 11.9 Å². The first-order valence-corrected chi connectivity index (χ1v) is 6.22. The molecule has 0 bridgehead atoms. The zero-order valence-corrected chi connectivity index (χ0v) is 11.7. The van der Waals surface area contributed by atoms with Crippen molar-refractivity contribution in [1.29, 1.82) is 0 Å². The molecule has 1 atom stereocenters. The first-order chi connectivity index (χ1) is 8.19. The molecule has 5 nitrogen and oxygen atoms in total. The van der Waals surface area contributed by atoms with Crippen molar-refractivity contribution in [3.05, 3.63) is 0 Å². The maximum absolute atomic E-state index is 12.0. The van der Waals surface area contributed by atoms with Gasteiger partial charge in [-0.3, -0.25) is 10.1 Å². The molecule has 0 aliphatic carbocycles. The van der Waals surface area contributed by atoms with E-state index in [2.05, 4.69) is 25.3 Å². The number of aliphatic hydroxyl groups is 1. The van der Waals surface area contributed by atoms with Crippen LogP contribution in [0.1, 0.15) is 20.3 Å². The van der Waals surface area contributed by atoms with E-state index in [1.54, 1.807) is 13.8 Å². The lowest BCUT2D eigenvalue weighted by Crippen LogP contribution is -2.43. The quantitative estimate of drug-likeness (QED) is 0.517. The molecule has 1 unspecified atom stereocenters. The van der Waals surface area contributed by atoms with E-state index in [1.807, 2.05) is 0 Å².